The molecule has 0 amide bonds. The largest absolute Gasteiger partial charge is 0.397 e. The van der Waals surface area contributed by atoms with Crippen LogP contribution in [0.3, 0.4) is 0 Å². The molecule has 0 unspecified atom stereocenters. The smallest absolute Gasteiger partial charge is 0.126 e. The molecule has 4 nitrogen and oxygen atoms in total. The van der Waals surface area contributed by atoms with E-state index in [1.165, 1.54) is 0 Å². The molecule has 14 heavy (non-hydrogen) atoms. The van der Waals surface area contributed by atoms with Crippen molar-refractivity contribution < 1.29 is 0 Å². The lowest BCUT2D eigenvalue weighted by Gasteiger charge is -2.14. The molecule has 1 aromatic rings. The van der Waals surface area contributed by atoms with E-state index < -0.39 is 0 Å². The van der Waals surface area contributed by atoms with Gasteiger partial charge in [-0.05, 0) is 25.7 Å². The first-order valence-corrected chi connectivity index (χ1v) is 4.86. The Kier molecular flexibility index (Phi) is 4.19. The van der Waals surface area contributed by atoms with Gasteiger partial charge in [-0.3, -0.25) is 0 Å². The van der Waals surface area contributed by atoms with Gasteiger partial charge in [-0.25, -0.2) is 4.98 Å². The van der Waals surface area contributed by atoms with E-state index in [0.717, 1.165) is 25.5 Å². The number of hydrogen-bond acceptors (Lipinski definition) is 4. The molecule has 0 saturated heterocycles. The summed E-state index contributed by atoms with van der Waals surface area (Å²) in [6, 6.07) is 3.74. The third-order valence-electron chi connectivity index (χ3n) is 2.13. The number of pyridine rings is 1. The van der Waals surface area contributed by atoms with Gasteiger partial charge in [-0.15, -0.1) is 0 Å². The van der Waals surface area contributed by atoms with Crippen LogP contribution in [-0.2, 0) is 0 Å². The van der Waals surface area contributed by atoms with Crippen LogP contribution < -0.4 is 11.1 Å². The topological polar surface area (TPSA) is 54.2 Å². The second kappa shape index (κ2) is 5.44. The molecule has 0 spiro atoms. The molecule has 0 fully saturated rings. The van der Waals surface area contributed by atoms with E-state index in [-0.39, 0.29) is 0 Å². The highest BCUT2D eigenvalue weighted by Crippen LogP contribution is 2.04. The van der Waals surface area contributed by atoms with Crippen LogP contribution >= 0.6 is 0 Å². The average Bonchev–Trinajstić information content (AvgIpc) is 2.21. The molecule has 4 heteroatoms. The van der Waals surface area contributed by atoms with Crippen molar-refractivity contribution in [3.63, 3.8) is 0 Å². The predicted octanol–water partition coefficient (Wildman–Crippen LogP) is 1.03. The highest BCUT2D eigenvalue weighted by atomic mass is 15.1. The number of anilines is 2. The minimum Gasteiger partial charge on any atom is -0.397 e. The Morgan fingerprint density at radius 2 is 2.29 bits per heavy atom. The monoisotopic (exact) mass is 194 g/mol. The Hall–Kier alpha value is -1.29. The van der Waals surface area contributed by atoms with E-state index in [9.17, 15) is 0 Å². The summed E-state index contributed by atoms with van der Waals surface area (Å²) in [4.78, 5) is 6.39. The molecule has 0 aliphatic heterocycles. The number of nitrogens with zero attached hydrogens (tertiary/aromatic N) is 2. The Morgan fingerprint density at radius 1 is 1.50 bits per heavy atom. The highest BCUT2D eigenvalue weighted by molar-refractivity contribution is 5.43. The Morgan fingerprint density at radius 3 is 2.86 bits per heavy atom. The summed E-state index contributed by atoms with van der Waals surface area (Å²) in [7, 11) is 2.10. The molecule has 78 valence electrons. The minimum atomic E-state index is 0.696. The van der Waals surface area contributed by atoms with Crippen molar-refractivity contribution in [2.45, 2.75) is 6.92 Å². The van der Waals surface area contributed by atoms with Gasteiger partial charge in [0, 0.05) is 13.1 Å². The van der Waals surface area contributed by atoms with Crippen molar-refractivity contribution in [1.29, 1.82) is 0 Å². The summed E-state index contributed by atoms with van der Waals surface area (Å²) in [5.74, 6) is 0.878. The van der Waals surface area contributed by atoms with Crippen LogP contribution in [0.5, 0.6) is 0 Å². The summed E-state index contributed by atoms with van der Waals surface area (Å²) >= 11 is 0. The van der Waals surface area contributed by atoms with Crippen LogP contribution in [0.1, 0.15) is 6.92 Å². The summed E-state index contributed by atoms with van der Waals surface area (Å²) in [6.45, 7) is 5.13. The van der Waals surface area contributed by atoms with Crippen molar-refractivity contribution in [2.24, 2.45) is 0 Å². The molecule has 0 aliphatic rings. The number of nitrogen functional groups attached to an aromatic ring is 1. The van der Waals surface area contributed by atoms with E-state index >= 15 is 0 Å². The second-order valence-electron chi connectivity index (χ2n) is 3.30. The molecule has 1 heterocycles. The van der Waals surface area contributed by atoms with E-state index in [4.69, 9.17) is 5.73 Å². The van der Waals surface area contributed by atoms with Gasteiger partial charge in [0.25, 0.3) is 0 Å². The maximum Gasteiger partial charge on any atom is 0.126 e. The summed E-state index contributed by atoms with van der Waals surface area (Å²) in [5, 5.41) is 3.23. The Labute approximate surface area is 85.1 Å². The first-order valence-electron chi connectivity index (χ1n) is 4.86. The normalized spacial score (nSPS) is 10.5. The number of likely N-dealkylation sites (N-methyl/N-ethyl adjacent to an activating group) is 1. The van der Waals surface area contributed by atoms with E-state index in [0.29, 0.717) is 5.69 Å². The fraction of sp³-hybridized carbons (Fsp3) is 0.500. The van der Waals surface area contributed by atoms with Gasteiger partial charge >= 0.3 is 0 Å². The molecular formula is C10H18N4. The predicted molar refractivity (Wildman–Crippen MR) is 60.3 cm³/mol. The first-order chi connectivity index (χ1) is 6.72. The van der Waals surface area contributed by atoms with Gasteiger partial charge in [0.2, 0.25) is 0 Å². The fourth-order valence-electron chi connectivity index (χ4n) is 1.04. The molecule has 0 bridgehead atoms. The standard InChI is InChI=1S/C10H18N4/c1-3-14(2)7-6-12-10-5-4-9(11)8-13-10/h4-5,8H,3,6-7,11H2,1-2H3,(H,12,13). The lowest BCUT2D eigenvalue weighted by molar-refractivity contribution is 0.367. The van der Waals surface area contributed by atoms with Crippen LogP contribution in [-0.4, -0.2) is 36.6 Å². The number of rotatable bonds is 5. The van der Waals surface area contributed by atoms with Crippen LogP contribution in [0.25, 0.3) is 0 Å². The Bertz CT molecular complexity index is 257. The zero-order valence-electron chi connectivity index (χ0n) is 8.83. The molecule has 0 aliphatic carbocycles. The lowest BCUT2D eigenvalue weighted by atomic mass is 10.4. The quantitative estimate of drug-likeness (QED) is 0.735. The number of hydrogen-bond donors (Lipinski definition) is 2. The molecular weight excluding hydrogens is 176 g/mol. The SMILES string of the molecule is CCN(C)CCNc1ccc(N)cn1. The molecule has 0 saturated carbocycles. The Balaban J connectivity index is 2.28. The number of nitrogens with one attached hydrogen (secondary N) is 1. The van der Waals surface area contributed by atoms with Crippen molar-refractivity contribution >= 4 is 11.5 Å². The van der Waals surface area contributed by atoms with Gasteiger partial charge in [-0.1, -0.05) is 6.92 Å². The van der Waals surface area contributed by atoms with Crippen molar-refractivity contribution in [3.8, 4) is 0 Å². The molecule has 0 radical (unpaired) electrons. The zero-order chi connectivity index (χ0) is 10.4. The van der Waals surface area contributed by atoms with E-state index in [1.807, 2.05) is 12.1 Å². The van der Waals surface area contributed by atoms with Gasteiger partial charge in [0.1, 0.15) is 5.82 Å². The third kappa shape index (κ3) is 3.62. The number of nitrogens with two attached hydrogens (primary N) is 1. The van der Waals surface area contributed by atoms with E-state index in [2.05, 4.69) is 29.2 Å². The zero-order valence-corrected chi connectivity index (χ0v) is 8.83. The maximum atomic E-state index is 5.53. The van der Waals surface area contributed by atoms with Crippen LogP contribution in [0, 0.1) is 0 Å². The summed E-state index contributed by atoms with van der Waals surface area (Å²) in [5.41, 5.74) is 6.22. The molecule has 3 N–H and O–H groups in total. The third-order valence-corrected chi connectivity index (χ3v) is 2.13. The van der Waals surface area contributed by atoms with Gasteiger partial charge < -0.3 is 16.0 Å². The fourth-order valence-corrected chi connectivity index (χ4v) is 1.04. The average molecular weight is 194 g/mol. The molecule has 0 aromatic carbocycles. The van der Waals surface area contributed by atoms with Gasteiger partial charge in [-0.2, -0.15) is 0 Å². The molecule has 0 atom stereocenters. The van der Waals surface area contributed by atoms with Crippen molar-refractivity contribution in [3.05, 3.63) is 18.3 Å². The minimum absolute atomic E-state index is 0.696. The van der Waals surface area contributed by atoms with E-state index in [1.54, 1.807) is 6.20 Å². The summed E-state index contributed by atoms with van der Waals surface area (Å²) in [6.07, 6.45) is 1.66. The highest BCUT2D eigenvalue weighted by Gasteiger charge is 1.95. The second-order valence-corrected chi connectivity index (χ2v) is 3.30. The van der Waals surface area contributed by atoms with Crippen LogP contribution in [0.2, 0.25) is 0 Å². The lowest BCUT2D eigenvalue weighted by Crippen LogP contribution is -2.24. The summed E-state index contributed by atoms with van der Waals surface area (Å²) < 4.78 is 0. The maximum absolute atomic E-state index is 5.53. The molecule has 1 aromatic heterocycles. The number of aromatic nitrogens is 1. The van der Waals surface area contributed by atoms with Gasteiger partial charge in [0.05, 0.1) is 11.9 Å². The first kappa shape index (κ1) is 10.8. The molecule has 1 rings (SSSR count). The van der Waals surface area contributed by atoms with Crippen molar-refractivity contribution in [2.75, 3.05) is 37.7 Å². The van der Waals surface area contributed by atoms with Gasteiger partial charge in [0.15, 0.2) is 0 Å². The van der Waals surface area contributed by atoms with Crippen molar-refractivity contribution in [1.82, 2.24) is 9.88 Å². The van der Waals surface area contributed by atoms with Crippen LogP contribution in [0.15, 0.2) is 18.3 Å². The van der Waals surface area contributed by atoms with Crippen LogP contribution in [0.4, 0.5) is 11.5 Å².